The maximum Gasteiger partial charge on any atom is 2.00 e. The molecule has 0 aliphatic rings. The summed E-state index contributed by atoms with van der Waals surface area (Å²) in [5, 5.41) is 5.29. The number of nitrogens with zero attached hydrogens (tertiary/aromatic N) is 6. The first-order valence-electron chi connectivity index (χ1n) is 6.34. The van der Waals surface area contributed by atoms with Crippen LogP contribution in [0, 0.1) is 13.8 Å². The maximum atomic E-state index is 11.1. The molecule has 4 aromatic rings. The van der Waals surface area contributed by atoms with E-state index in [1.165, 1.54) is 33.8 Å². The average Bonchev–Trinajstić information content (AvgIpc) is 3.07. The summed E-state index contributed by atoms with van der Waals surface area (Å²) in [6.45, 7) is 3.52. The van der Waals surface area contributed by atoms with Crippen LogP contribution in [0.25, 0.3) is 11.6 Å². The monoisotopic (exact) mass is 565 g/mol. The van der Waals surface area contributed by atoms with Gasteiger partial charge in [0.15, 0.2) is 0 Å². The van der Waals surface area contributed by atoms with Gasteiger partial charge < -0.3 is 24.8 Å². The van der Waals surface area contributed by atoms with Crippen LogP contribution in [-0.2, 0) is 21.1 Å². The number of aryl methyl sites for hydroxylation is 2. The molecular formula is C12H12Cl2N8O2Pt. The summed E-state index contributed by atoms with van der Waals surface area (Å²) < 4.78 is 2.57. The molecule has 4 rings (SSSR count). The fraction of sp³-hybridized carbons (Fsp3) is 0.167. The molecule has 10 nitrogen and oxygen atoms in total. The van der Waals surface area contributed by atoms with Crippen LogP contribution >= 0.6 is 0 Å². The van der Waals surface area contributed by atoms with Gasteiger partial charge in [-0.1, -0.05) is 0 Å². The predicted octanol–water partition coefficient (Wildman–Crippen LogP) is -6.54. The Bertz CT molecular complexity index is 984. The Morgan fingerprint density at radius 3 is 1.52 bits per heavy atom. The molecule has 0 aliphatic carbocycles. The van der Waals surface area contributed by atoms with E-state index in [4.69, 9.17) is 0 Å². The molecule has 0 aromatic carbocycles. The van der Waals surface area contributed by atoms with Gasteiger partial charge in [0.2, 0.25) is 0 Å². The molecule has 4 aromatic heterocycles. The molecule has 0 bridgehead atoms. The average molecular weight is 566 g/mol. The minimum atomic E-state index is -0.134. The van der Waals surface area contributed by atoms with Crippen molar-refractivity contribution in [3.63, 3.8) is 0 Å². The van der Waals surface area contributed by atoms with Crippen LogP contribution in [0.2, 0.25) is 0 Å². The summed E-state index contributed by atoms with van der Waals surface area (Å²) in [5.41, 5.74) is 1.10. The van der Waals surface area contributed by atoms with Crippen LogP contribution in [0.5, 0.6) is 0 Å². The summed E-state index contributed by atoms with van der Waals surface area (Å²) in [6, 6.07) is 2.90. The van der Waals surface area contributed by atoms with Crippen molar-refractivity contribution >= 4 is 11.6 Å². The molecule has 0 amide bonds. The first-order valence-corrected chi connectivity index (χ1v) is 6.34. The summed E-state index contributed by atoms with van der Waals surface area (Å²) in [4.78, 5) is 37.9. The van der Waals surface area contributed by atoms with Crippen molar-refractivity contribution in [3.05, 3.63) is 56.9 Å². The van der Waals surface area contributed by atoms with E-state index in [0.717, 1.165) is 0 Å². The molecule has 0 fully saturated rings. The molecule has 0 aliphatic heterocycles. The van der Waals surface area contributed by atoms with E-state index >= 15 is 0 Å². The Morgan fingerprint density at radius 2 is 1.16 bits per heavy atom. The molecule has 4 heterocycles. The van der Waals surface area contributed by atoms with Gasteiger partial charge in [-0.15, -0.1) is 0 Å². The molecule has 0 saturated heterocycles. The summed E-state index contributed by atoms with van der Waals surface area (Å²) >= 11 is 0. The van der Waals surface area contributed by atoms with E-state index in [1.807, 2.05) is 0 Å². The molecule has 0 atom stereocenters. The zero-order chi connectivity index (χ0) is 15.7. The van der Waals surface area contributed by atoms with E-state index in [1.54, 1.807) is 13.8 Å². The Kier molecular flexibility index (Phi) is 8.68. The van der Waals surface area contributed by atoms with Gasteiger partial charge in [-0.25, -0.2) is 19.9 Å². The van der Waals surface area contributed by atoms with Gasteiger partial charge in [0.1, 0.15) is 12.7 Å². The number of nitrogens with one attached hydrogen (secondary N) is 2. The molecule has 0 unspecified atom stereocenters. The number of fused-ring (bicyclic) bond motifs is 2. The first kappa shape index (κ1) is 23.0. The number of halogens is 2. The minimum Gasteiger partial charge on any atom is -1.00 e. The molecule has 0 saturated carbocycles. The van der Waals surface area contributed by atoms with Crippen LogP contribution < -0.4 is 35.9 Å². The van der Waals surface area contributed by atoms with Gasteiger partial charge in [0, 0.05) is 23.5 Å². The Labute approximate surface area is 167 Å². The van der Waals surface area contributed by atoms with E-state index in [0.29, 0.717) is 22.9 Å². The summed E-state index contributed by atoms with van der Waals surface area (Å²) in [5.74, 6) is 0.824. The van der Waals surface area contributed by atoms with Crippen LogP contribution in [0.3, 0.4) is 0 Å². The maximum absolute atomic E-state index is 11.1. The smallest absolute Gasteiger partial charge is 1.00 e. The Balaban J connectivity index is 0.000000411. The van der Waals surface area contributed by atoms with Crippen molar-refractivity contribution in [3.8, 4) is 0 Å². The van der Waals surface area contributed by atoms with Crippen molar-refractivity contribution in [2.75, 3.05) is 0 Å². The Hall–Kier alpha value is -2.03. The fourth-order valence-electron chi connectivity index (χ4n) is 1.87. The molecule has 136 valence electrons. The number of aromatic amines is 2. The van der Waals surface area contributed by atoms with Gasteiger partial charge >= 0.3 is 21.1 Å². The van der Waals surface area contributed by atoms with Crippen molar-refractivity contribution in [1.82, 2.24) is 39.2 Å². The quantitative estimate of drug-likeness (QED) is 0.218. The molecule has 25 heavy (non-hydrogen) atoms. The first-order chi connectivity index (χ1) is 10.5. The standard InChI is InChI=1S/2C6H6N4O.2ClH.Pt/c2*1-4-2-5(11)10-6(9-4)7-3-8-10;;;/h2*2-3H,1H3,(H,7,8,9);2*1H;/q;;;;+2/p-2. The van der Waals surface area contributed by atoms with Gasteiger partial charge in [-0.2, -0.15) is 9.03 Å². The molecule has 2 N–H and O–H groups in total. The minimum absolute atomic E-state index is 0. The van der Waals surface area contributed by atoms with E-state index < -0.39 is 0 Å². The van der Waals surface area contributed by atoms with Crippen LogP contribution in [-0.4, -0.2) is 39.2 Å². The second-order valence-electron chi connectivity index (χ2n) is 4.52. The van der Waals surface area contributed by atoms with E-state index in [-0.39, 0.29) is 57.0 Å². The second-order valence-corrected chi connectivity index (χ2v) is 4.52. The zero-order valence-corrected chi connectivity index (χ0v) is 16.7. The normalized spacial score (nSPS) is 9.36. The fourth-order valence-corrected chi connectivity index (χ4v) is 1.87. The van der Waals surface area contributed by atoms with E-state index in [9.17, 15) is 9.59 Å². The van der Waals surface area contributed by atoms with Crippen molar-refractivity contribution in [1.29, 1.82) is 0 Å². The van der Waals surface area contributed by atoms with Crippen molar-refractivity contribution in [2.45, 2.75) is 13.8 Å². The van der Waals surface area contributed by atoms with E-state index in [2.05, 4.69) is 30.1 Å². The van der Waals surface area contributed by atoms with Crippen LogP contribution in [0.15, 0.2) is 34.4 Å². The number of H-pyrrole nitrogens is 2. The summed E-state index contributed by atoms with van der Waals surface area (Å²) in [7, 11) is 0. The third kappa shape index (κ3) is 4.97. The summed E-state index contributed by atoms with van der Waals surface area (Å²) in [6.07, 6.45) is 2.87. The third-order valence-electron chi connectivity index (χ3n) is 2.79. The third-order valence-corrected chi connectivity index (χ3v) is 2.79. The van der Waals surface area contributed by atoms with Gasteiger partial charge in [-0.3, -0.25) is 19.8 Å². The molecular weight excluding hydrogens is 554 g/mol. The van der Waals surface area contributed by atoms with Gasteiger partial charge in [-0.05, 0) is 13.8 Å². The largest absolute Gasteiger partial charge is 2.00 e. The van der Waals surface area contributed by atoms with Crippen LogP contribution in [0.4, 0.5) is 0 Å². The SMILES string of the molecule is Cc1cc(=O)n2[nH]cnc2n1.Cc1cc(=O)n2[nH]cnc2n1.[Cl-].[Cl-].[Pt+2]. The van der Waals surface area contributed by atoms with Crippen LogP contribution in [0.1, 0.15) is 11.4 Å². The zero-order valence-electron chi connectivity index (χ0n) is 12.9. The number of hydrogen-bond donors (Lipinski definition) is 2. The number of aromatic nitrogens is 8. The Morgan fingerprint density at radius 1 is 0.800 bits per heavy atom. The number of rotatable bonds is 0. The molecule has 0 radical (unpaired) electrons. The van der Waals surface area contributed by atoms with Gasteiger partial charge in [0.05, 0.1) is 0 Å². The second kappa shape index (κ2) is 9.45. The van der Waals surface area contributed by atoms with Gasteiger partial charge in [0.25, 0.3) is 22.7 Å². The molecule has 0 spiro atoms. The van der Waals surface area contributed by atoms with Crippen molar-refractivity contribution in [2.24, 2.45) is 0 Å². The number of hydrogen-bond acceptors (Lipinski definition) is 6. The molecule has 13 heteroatoms. The predicted molar refractivity (Wildman–Crippen MR) is 76.7 cm³/mol. The topological polar surface area (TPSA) is 126 Å². The van der Waals surface area contributed by atoms with Crippen molar-refractivity contribution < 1.29 is 45.9 Å².